The molecular formula is C22H21ClFN3O3S2. The lowest BCUT2D eigenvalue weighted by Gasteiger charge is -2.30. The van der Waals surface area contributed by atoms with Gasteiger partial charge in [-0.15, -0.1) is 11.3 Å². The van der Waals surface area contributed by atoms with Crippen molar-refractivity contribution in [3.8, 4) is 5.75 Å². The number of thiazole rings is 1. The molecule has 0 aliphatic heterocycles. The summed E-state index contributed by atoms with van der Waals surface area (Å²) in [7, 11) is -3.82. The van der Waals surface area contributed by atoms with E-state index >= 15 is 0 Å². The summed E-state index contributed by atoms with van der Waals surface area (Å²) in [4.78, 5) is 3.93. The molecule has 10 heteroatoms. The third-order valence-electron chi connectivity index (χ3n) is 5.26. The summed E-state index contributed by atoms with van der Waals surface area (Å²) in [5, 5.41) is 1.76. The fraction of sp³-hybridized carbons (Fsp3) is 0.227. The van der Waals surface area contributed by atoms with E-state index in [2.05, 4.69) is 15.8 Å². The maximum Gasteiger partial charge on any atom is 0.263 e. The predicted molar refractivity (Wildman–Crippen MR) is 125 cm³/mol. The topological polar surface area (TPSA) is 94.3 Å². The van der Waals surface area contributed by atoms with Gasteiger partial charge in [0.25, 0.3) is 10.0 Å². The summed E-state index contributed by atoms with van der Waals surface area (Å²) in [6.45, 7) is 0.257. The molecule has 3 N–H and O–H groups in total. The van der Waals surface area contributed by atoms with E-state index in [0.717, 1.165) is 24.0 Å². The van der Waals surface area contributed by atoms with Gasteiger partial charge in [-0.1, -0.05) is 29.8 Å². The van der Waals surface area contributed by atoms with Crippen LogP contribution in [-0.2, 0) is 10.0 Å². The number of rotatable bonds is 7. The molecule has 0 fully saturated rings. The van der Waals surface area contributed by atoms with E-state index in [4.69, 9.17) is 22.1 Å². The number of hydrogen-bond acceptors (Lipinski definition) is 6. The van der Waals surface area contributed by atoms with Crippen molar-refractivity contribution >= 4 is 44.4 Å². The van der Waals surface area contributed by atoms with Crippen LogP contribution in [0.4, 0.5) is 10.2 Å². The third-order valence-corrected chi connectivity index (χ3v) is 7.50. The first-order chi connectivity index (χ1) is 15.3. The van der Waals surface area contributed by atoms with E-state index in [1.807, 2.05) is 0 Å². The van der Waals surface area contributed by atoms with Crippen molar-refractivity contribution in [2.75, 3.05) is 11.3 Å². The number of aromatic nitrogens is 1. The molecule has 1 aliphatic rings. The predicted octanol–water partition coefficient (Wildman–Crippen LogP) is 4.94. The van der Waals surface area contributed by atoms with Gasteiger partial charge in [-0.25, -0.2) is 17.8 Å². The summed E-state index contributed by atoms with van der Waals surface area (Å²) in [5.41, 5.74) is 9.80. The van der Waals surface area contributed by atoms with Gasteiger partial charge < -0.3 is 10.5 Å². The van der Waals surface area contributed by atoms with Crippen molar-refractivity contribution in [3.05, 3.63) is 75.8 Å². The molecule has 2 atom stereocenters. The van der Waals surface area contributed by atoms with Crippen molar-refractivity contribution < 1.29 is 17.5 Å². The van der Waals surface area contributed by atoms with Crippen LogP contribution in [0.15, 0.2) is 64.3 Å². The Bertz CT molecular complexity index is 1220. The number of allylic oxidation sites excluding steroid dienone is 1. The van der Waals surface area contributed by atoms with Crippen LogP contribution in [-0.4, -0.2) is 26.1 Å². The second-order valence-electron chi connectivity index (χ2n) is 7.40. The zero-order valence-electron chi connectivity index (χ0n) is 16.9. The normalized spacial score (nSPS) is 18.8. The van der Waals surface area contributed by atoms with E-state index < -0.39 is 10.0 Å². The van der Waals surface area contributed by atoms with Crippen LogP contribution in [0.25, 0.3) is 5.57 Å². The van der Waals surface area contributed by atoms with Gasteiger partial charge in [0.2, 0.25) is 0 Å². The standard InChI is InChI=1S/C22H21ClFN3O3S2/c23-19-10-16(32(28,29)27-22-12-31-13-26-22)8-9-21(19)30-11-18-17(2-1-3-20(18)25)14-4-6-15(24)7-5-14/h2,4-10,12-13,18,20,27H,1,3,11,25H2. The Morgan fingerprint density at radius 3 is 2.72 bits per heavy atom. The largest absolute Gasteiger partial charge is 0.491 e. The highest BCUT2D eigenvalue weighted by Crippen LogP contribution is 2.34. The number of nitrogens with two attached hydrogens (primary N) is 1. The average Bonchev–Trinajstić information content (AvgIpc) is 3.26. The van der Waals surface area contributed by atoms with Crippen LogP contribution in [0.5, 0.6) is 5.75 Å². The number of hydrogen-bond donors (Lipinski definition) is 2. The van der Waals surface area contributed by atoms with Gasteiger partial charge in [-0.2, -0.15) is 0 Å². The van der Waals surface area contributed by atoms with E-state index in [1.54, 1.807) is 17.5 Å². The van der Waals surface area contributed by atoms with Crippen molar-refractivity contribution in [2.24, 2.45) is 11.7 Å². The molecule has 2 aromatic carbocycles. The quantitative estimate of drug-likeness (QED) is 0.486. The van der Waals surface area contributed by atoms with Crippen LogP contribution in [0.2, 0.25) is 5.02 Å². The summed E-state index contributed by atoms with van der Waals surface area (Å²) in [5.74, 6) is 0.196. The van der Waals surface area contributed by atoms with E-state index in [0.29, 0.717) is 5.75 Å². The van der Waals surface area contributed by atoms with Crippen LogP contribution < -0.4 is 15.2 Å². The molecule has 32 heavy (non-hydrogen) atoms. The minimum Gasteiger partial charge on any atom is -0.491 e. The second kappa shape index (κ2) is 9.58. The number of anilines is 1. The monoisotopic (exact) mass is 493 g/mol. The number of sulfonamides is 1. The van der Waals surface area contributed by atoms with Gasteiger partial charge in [0.1, 0.15) is 11.6 Å². The average molecular weight is 494 g/mol. The van der Waals surface area contributed by atoms with Crippen molar-refractivity contribution in [1.29, 1.82) is 0 Å². The highest BCUT2D eigenvalue weighted by atomic mass is 35.5. The van der Waals surface area contributed by atoms with Gasteiger partial charge in [-0.05, 0) is 54.3 Å². The maximum absolute atomic E-state index is 13.3. The van der Waals surface area contributed by atoms with E-state index in [9.17, 15) is 12.8 Å². The van der Waals surface area contributed by atoms with Gasteiger partial charge in [-0.3, -0.25) is 4.72 Å². The second-order valence-corrected chi connectivity index (χ2v) is 10.2. The Hall–Kier alpha value is -2.46. The van der Waals surface area contributed by atoms with Gasteiger partial charge in [0.15, 0.2) is 5.82 Å². The fourth-order valence-corrected chi connectivity index (χ4v) is 5.49. The molecule has 1 heterocycles. The fourth-order valence-electron chi connectivity index (χ4n) is 3.61. The number of nitrogens with zero attached hydrogens (tertiary/aromatic N) is 1. The first-order valence-corrected chi connectivity index (χ1v) is 12.7. The minimum atomic E-state index is -3.82. The summed E-state index contributed by atoms with van der Waals surface area (Å²) >= 11 is 7.61. The number of ether oxygens (including phenoxy) is 1. The lowest BCUT2D eigenvalue weighted by molar-refractivity contribution is 0.253. The molecule has 1 aliphatic carbocycles. The van der Waals surface area contributed by atoms with E-state index in [-0.39, 0.29) is 40.1 Å². The smallest absolute Gasteiger partial charge is 0.263 e. The third kappa shape index (κ3) is 5.12. The highest BCUT2D eigenvalue weighted by molar-refractivity contribution is 7.92. The molecular weight excluding hydrogens is 473 g/mol. The molecule has 0 spiro atoms. The maximum atomic E-state index is 13.3. The van der Waals surface area contributed by atoms with Crippen LogP contribution in [0.1, 0.15) is 18.4 Å². The molecule has 0 saturated heterocycles. The first kappa shape index (κ1) is 22.7. The Labute approximate surface area is 194 Å². The molecule has 0 radical (unpaired) electrons. The molecule has 0 bridgehead atoms. The molecule has 168 valence electrons. The molecule has 0 amide bonds. The summed E-state index contributed by atoms with van der Waals surface area (Å²) in [6, 6.07) is 10.5. The van der Waals surface area contributed by atoms with Crippen molar-refractivity contribution in [3.63, 3.8) is 0 Å². The Morgan fingerprint density at radius 1 is 1.25 bits per heavy atom. The summed E-state index contributed by atoms with van der Waals surface area (Å²) in [6.07, 6.45) is 3.75. The zero-order chi connectivity index (χ0) is 22.7. The molecule has 3 aromatic rings. The zero-order valence-corrected chi connectivity index (χ0v) is 19.3. The highest BCUT2D eigenvalue weighted by Gasteiger charge is 2.27. The SMILES string of the molecule is NC1CCC=C(c2ccc(F)cc2)C1COc1ccc(S(=O)(=O)Nc2cscn2)cc1Cl. The molecule has 0 saturated carbocycles. The molecule has 1 aromatic heterocycles. The number of halogens is 2. The molecule has 4 rings (SSSR count). The van der Waals surface area contributed by atoms with Crippen LogP contribution in [0, 0.1) is 11.7 Å². The Kier molecular flexibility index (Phi) is 6.80. The lowest BCUT2D eigenvalue weighted by Crippen LogP contribution is -2.36. The molecule has 6 nitrogen and oxygen atoms in total. The van der Waals surface area contributed by atoms with Crippen molar-refractivity contribution in [1.82, 2.24) is 4.98 Å². The van der Waals surface area contributed by atoms with Crippen molar-refractivity contribution in [2.45, 2.75) is 23.8 Å². The molecule has 2 unspecified atom stereocenters. The minimum absolute atomic E-state index is 0.00381. The Balaban J connectivity index is 1.49. The van der Waals surface area contributed by atoms with Gasteiger partial charge in [0, 0.05) is 17.3 Å². The lowest BCUT2D eigenvalue weighted by atomic mass is 9.81. The van der Waals surface area contributed by atoms with Crippen LogP contribution >= 0.6 is 22.9 Å². The van der Waals surface area contributed by atoms with Crippen LogP contribution in [0.3, 0.4) is 0 Å². The number of nitrogens with one attached hydrogen (secondary N) is 1. The summed E-state index contributed by atoms with van der Waals surface area (Å²) < 4.78 is 46.7. The first-order valence-electron chi connectivity index (χ1n) is 9.88. The van der Waals surface area contributed by atoms with Gasteiger partial charge in [0.05, 0.1) is 22.0 Å². The van der Waals surface area contributed by atoms with Gasteiger partial charge >= 0.3 is 0 Å². The number of benzene rings is 2. The van der Waals surface area contributed by atoms with E-state index in [1.165, 1.54) is 47.2 Å². The Morgan fingerprint density at radius 2 is 2.03 bits per heavy atom.